The van der Waals surface area contributed by atoms with Crippen LogP contribution in [0.15, 0.2) is 29.7 Å². The van der Waals surface area contributed by atoms with Gasteiger partial charge in [-0.3, -0.25) is 0 Å². The summed E-state index contributed by atoms with van der Waals surface area (Å²) in [4.78, 5) is 13.9. The molecule has 2 aliphatic carbocycles. The molecule has 0 amide bonds. The van der Waals surface area contributed by atoms with Crippen LogP contribution in [0.2, 0.25) is 0 Å². The van der Waals surface area contributed by atoms with Crippen molar-refractivity contribution in [3.05, 3.63) is 41.7 Å². The minimum absolute atomic E-state index is 0.0164. The highest BCUT2D eigenvalue weighted by molar-refractivity contribution is 7.99. The van der Waals surface area contributed by atoms with Gasteiger partial charge >= 0.3 is 0 Å². The molecule has 2 saturated carbocycles. The Hall–Kier alpha value is -2.38. The molecule has 3 aromatic rings. The SMILES string of the molecule is CCCSc1nc(N[C@@H]2C[C@H]2c2ccc(F)c(F)c2)c2ncn([C@@H]3C[C@@H](OCCO)[C@@H](O)[C@H]3O)c2n1. The van der Waals surface area contributed by atoms with Crippen molar-refractivity contribution in [1.82, 2.24) is 19.5 Å². The maximum absolute atomic E-state index is 13.7. The molecule has 36 heavy (non-hydrogen) atoms. The van der Waals surface area contributed by atoms with Crippen molar-refractivity contribution in [3.63, 3.8) is 0 Å². The van der Waals surface area contributed by atoms with Gasteiger partial charge < -0.3 is 29.9 Å². The molecule has 2 fully saturated rings. The first-order valence-electron chi connectivity index (χ1n) is 12.1. The second-order valence-corrected chi connectivity index (χ2v) is 10.3. The number of nitrogens with zero attached hydrogens (tertiary/aromatic N) is 4. The number of hydrogen-bond donors (Lipinski definition) is 4. The molecule has 0 bridgehead atoms. The maximum atomic E-state index is 13.7. The number of rotatable bonds is 10. The smallest absolute Gasteiger partial charge is 0.191 e. The maximum Gasteiger partial charge on any atom is 0.191 e. The molecular weight excluding hydrogens is 492 g/mol. The lowest BCUT2D eigenvalue weighted by Gasteiger charge is -2.18. The summed E-state index contributed by atoms with van der Waals surface area (Å²) in [5, 5.41) is 34.2. The van der Waals surface area contributed by atoms with Crippen molar-refractivity contribution >= 4 is 28.7 Å². The number of benzene rings is 1. The lowest BCUT2D eigenvalue weighted by atomic mass is 10.1. The molecule has 2 aliphatic rings. The topological polar surface area (TPSA) is 126 Å². The van der Waals surface area contributed by atoms with Crippen molar-refractivity contribution in [2.24, 2.45) is 0 Å². The molecule has 0 radical (unpaired) electrons. The molecule has 5 rings (SSSR count). The Bertz CT molecular complexity index is 1230. The summed E-state index contributed by atoms with van der Waals surface area (Å²) in [6.45, 7) is 1.96. The average molecular weight is 522 g/mol. The Labute approximate surface area is 210 Å². The number of thioether (sulfide) groups is 1. The van der Waals surface area contributed by atoms with Crippen LogP contribution >= 0.6 is 11.8 Å². The quantitative estimate of drug-likeness (QED) is 0.235. The molecule has 2 heterocycles. The van der Waals surface area contributed by atoms with Crippen molar-refractivity contribution in [2.75, 3.05) is 24.3 Å². The van der Waals surface area contributed by atoms with Crippen molar-refractivity contribution in [3.8, 4) is 0 Å². The van der Waals surface area contributed by atoms with Crippen LogP contribution in [0.1, 0.15) is 43.7 Å². The fraction of sp³-hybridized carbons (Fsp3) is 0.542. The van der Waals surface area contributed by atoms with Crippen LogP contribution in [0.25, 0.3) is 11.2 Å². The van der Waals surface area contributed by atoms with Crippen molar-refractivity contribution in [2.45, 2.75) is 67.7 Å². The molecule has 0 aliphatic heterocycles. The van der Waals surface area contributed by atoms with Crippen LogP contribution in [0.3, 0.4) is 0 Å². The third-order valence-electron chi connectivity index (χ3n) is 6.70. The minimum atomic E-state index is -1.10. The van der Waals surface area contributed by atoms with E-state index in [1.807, 2.05) is 0 Å². The van der Waals surface area contributed by atoms with Crippen LogP contribution in [0, 0.1) is 11.6 Å². The zero-order chi connectivity index (χ0) is 25.4. The van der Waals surface area contributed by atoms with Gasteiger partial charge in [-0.1, -0.05) is 24.8 Å². The largest absolute Gasteiger partial charge is 0.394 e. The molecule has 194 valence electrons. The lowest BCUT2D eigenvalue weighted by Crippen LogP contribution is -2.33. The normalized spacial score (nSPS) is 27.6. The molecule has 9 nitrogen and oxygen atoms in total. The van der Waals surface area contributed by atoms with Crippen molar-refractivity contribution in [1.29, 1.82) is 0 Å². The van der Waals surface area contributed by atoms with Gasteiger partial charge in [-0.05, 0) is 37.0 Å². The zero-order valence-electron chi connectivity index (χ0n) is 19.7. The lowest BCUT2D eigenvalue weighted by molar-refractivity contribution is -0.0627. The van der Waals surface area contributed by atoms with Crippen LogP contribution in [0.4, 0.5) is 14.6 Å². The van der Waals surface area contributed by atoms with E-state index >= 15 is 0 Å². The van der Waals surface area contributed by atoms with E-state index in [-0.39, 0.29) is 25.2 Å². The first kappa shape index (κ1) is 25.3. The summed E-state index contributed by atoms with van der Waals surface area (Å²) in [5.74, 6) is -0.350. The average Bonchev–Trinajstić information content (AvgIpc) is 3.41. The minimum Gasteiger partial charge on any atom is -0.394 e. The van der Waals surface area contributed by atoms with Crippen molar-refractivity contribution < 1.29 is 28.8 Å². The number of imidazole rings is 1. The summed E-state index contributed by atoms with van der Waals surface area (Å²) in [6.07, 6.45) is 0.776. The summed E-state index contributed by atoms with van der Waals surface area (Å²) in [6, 6.07) is 3.44. The fourth-order valence-electron chi connectivity index (χ4n) is 4.75. The molecular formula is C24H29F2N5O4S. The highest BCUT2D eigenvalue weighted by Gasteiger charge is 2.44. The Morgan fingerprint density at radius 1 is 1.17 bits per heavy atom. The highest BCUT2D eigenvalue weighted by atomic mass is 32.2. The summed E-state index contributed by atoms with van der Waals surface area (Å²) in [7, 11) is 0. The molecule has 0 saturated heterocycles. The second-order valence-electron chi connectivity index (χ2n) is 9.21. The molecule has 1 aromatic carbocycles. The van der Waals surface area contributed by atoms with Crippen LogP contribution in [0.5, 0.6) is 0 Å². The van der Waals surface area contributed by atoms with Gasteiger partial charge in [-0.25, -0.2) is 23.7 Å². The van der Waals surface area contributed by atoms with E-state index in [2.05, 4.69) is 22.2 Å². The molecule has 12 heteroatoms. The molecule has 2 aromatic heterocycles. The number of aliphatic hydroxyl groups excluding tert-OH is 3. The van der Waals surface area contributed by atoms with Crippen LogP contribution < -0.4 is 5.32 Å². The van der Waals surface area contributed by atoms with Gasteiger partial charge in [0.1, 0.15) is 12.2 Å². The van der Waals surface area contributed by atoms with Gasteiger partial charge in [-0.15, -0.1) is 0 Å². The third-order valence-corrected chi connectivity index (χ3v) is 7.75. The predicted molar refractivity (Wildman–Crippen MR) is 130 cm³/mol. The third kappa shape index (κ3) is 4.92. The molecule has 0 unspecified atom stereocenters. The van der Waals surface area contributed by atoms with E-state index in [4.69, 9.17) is 14.8 Å². The summed E-state index contributed by atoms with van der Waals surface area (Å²) < 4.78 is 34.3. The Morgan fingerprint density at radius 3 is 2.75 bits per heavy atom. The molecule has 6 atom stereocenters. The number of aliphatic hydroxyl groups is 3. The van der Waals surface area contributed by atoms with E-state index in [0.717, 1.165) is 30.2 Å². The fourth-order valence-corrected chi connectivity index (χ4v) is 5.45. The number of aromatic nitrogens is 4. The van der Waals surface area contributed by atoms with Crippen LogP contribution in [-0.4, -0.2) is 78.2 Å². The van der Waals surface area contributed by atoms with Gasteiger partial charge in [0.2, 0.25) is 0 Å². The number of ether oxygens (including phenoxy) is 1. The first-order chi connectivity index (χ1) is 17.4. The van der Waals surface area contributed by atoms with Gasteiger partial charge in [0.25, 0.3) is 0 Å². The number of hydrogen-bond acceptors (Lipinski definition) is 9. The van der Waals surface area contributed by atoms with Crippen LogP contribution in [-0.2, 0) is 4.74 Å². The van der Waals surface area contributed by atoms with Gasteiger partial charge in [-0.2, -0.15) is 0 Å². The van der Waals surface area contributed by atoms with E-state index in [1.54, 1.807) is 17.0 Å². The molecule has 0 spiro atoms. The van der Waals surface area contributed by atoms with E-state index in [0.29, 0.717) is 28.6 Å². The number of fused-ring (bicyclic) bond motifs is 1. The summed E-state index contributed by atoms with van der Waals surface area (Å²) >= 11 is 1.51. The highest BCUT2D eigenvalue weighted by Crippen LogP contribution is 2.44. The second kappa shape index (κ2) is 10.5. The van der Waals surface area contributed by atoms with Gasteiger partial charge in [0.05, 0.1) is 31.7 Å². The predicted octanol–water partition coefficient (Wildman–Crippen LogP) is 2.62. The number of halogens is 2. The van der Waals surface area contributed by atoms with E-state index < -0.39 is 36.0 Å². The van der Waals surface area contributed by atoms with Gasteiger partial charge in [0.15, 0.2) is 33.8 Å². The standard InChI is InChI=1S/C24H29F2N5O4S/c1-2-7-36-24-29-22(28-16-9-13(16)12-3-4-14(25)15(26)8-12)19-23(30-24)31(11-27-19)17-10-18(35-6-5-32)21(34)20(17)33/h3-4,8,11,13,16-18,20-21,32-34H,2,5-7,9-10H2,1H3,(H,28,29,30)/t13-,16+,17+,18+,20-,21+/m0/s1. The number of nitrogens with one attached hydrogen (secondary N) is 1. The number of anilines is 1. The van der Waals surface area contributed by atoms with E-state index in [9.17, 15) is 19.0 Å². The monoisotopic (exact) mass is 521 g/mol. The Balaban J connectivity index is 1.43. The Kier molecular flexibility index (Phi) is 7.40. The summed E-state index contributed by atoms with van der Waals surface area (Å²) in [5.41, 5.74) is 1.77. The Morgan fingerprint density at radius 2 is 2.00 bits per heavy atom. The zero-order valence-corrected chi connectivity index (χ0v) is 20.5. The van der Waals surface area contributed by atoms with E-state index in [1.165, 1.54) is 17.8 Å². The van der Waals surface area contributed by atoms with Gasteiger partial charge in [0, 0.05) is 17.7 Å². The first-order valence-corrected chi connectivity index (χ1v) is 13.1. The molecule has 4 N–H and O–H groups in total.